The van der Waals surface area contributed by atoms with Crippen LogP contribution in [0.2, 0.25) is 5.02 Å². The van der Waals surface area contributed by atoms with Crippen LogP contribution in [0.4, 0.5) is 5.95 Å². The average Bonchev–Trinajstić information content (AvgIpc) is 2.91. The molecule has 0 saturated carbocycles. The van der Waals surface area contributed by atoms with Crippen LogP contribution >= 0.6 is 11.6 Å². The van der Waals surface area contributed by atoms with Gasteiger partial charge >= 0.3 is 0 Å². The normalized spacial score (nSPS) is 15.6. The zero-order valence-corrected chi connectivity index (χ0v) is 13.8. The van der Waals surface area contributed by atoms with Crippen molar-refractivity contribution in [2.75, 3.05) is 18.4 Å². The van der Waals surface area contributed by atoms with Crippen LogP contribution in [0.15, 0.2) is 24.3 Å². The van der Waals surface area contributed by atoms with Gasteiger partial charge in [-0.2, -0.15) is 10.1 Å². The zero-order valence-electron chi connectivity index (χ0n) is 13.1. The van der Waals surface area contributed by atoms with E-state index in [1.54, 1.807) is 17.8 Å². The van der Waals surface area contributed by atoms with E-state index in [-0.39, 0.29) is 12.3 Å². The molecule has 2 N–H and O–H groups in total. The lowest BCUT2D eigenvalue weighted by Gasteiger charge is -2.19. The van der Waals surface area contributed by atoms with Gasteiger partial charge in [-0.1, -0.05) is 29.8 Å². The number of halogens is 1. The highest BCUT2D eigenvalue weighted by molar-refractivity contribution is 6.31. The van der Waals surface area contributed by atoms with E-state index in [9.17, 15) is 4.79 Å². The molecule has 0 radical (unpaired) electrons. The molecule has 1 aliphatic rings. The van der Waals surface area contributed by atoms with E-state index in [0.717, 1.165) is 37.3 Å². The number of rotatable bonds is 4. The van der Waals surface area contributed by atoms with Crippen LogP contribution < -0.4 is 10.6 Å². The van der Waals surface area contributed by atoms with Crippen molar-refractivity contribution in [2.45, 2.75) is 25.2 Å². The number of benzene rings is 1. The Morgan fingerprint density at radius 3 is 2.87 bits per heavy atom. The number of anilines is 1. The first-order valence-corrected chi connectivity index (χ1v) is 8.16. The van der Waals surface area contributed by atoms with Crippen LogP contribution in [0.25, 0.3) is 0 Å². The van der Waals surface area contributed by atoms with Gasteiger partial charge in [-0.3, -0.25) is 10.1 Å². The standard InChI is InChI=1S/C16H20ClN5O/c1-22-16(20-15(21-22)11-6-8-18-9-7-11)19-14(23)10-12-4-2-3-5-13(12)17/h2-5,11,18H,6-10H2,1H3,(H,19,20,21,23). The molecule has 6 nitrogen and oxygen atoms in total. The van der Waals surface area contributed by atoms with Crippen LogP contribution in [-0.2, 0) is 18.3 Å². The van der Waals surface area contributed by atoms with Gasteiger partial charge in [0.2, 0.25) is 11.9 Å². The maximum Gasteiger partial charge on any atom is 0.231 e. The second kappa shape index (κ2) is 7.10. The summed E-state index contributed by atoms with van der Waals surface area (Å²) in [5.74, 6) is 1.50. The number of nitrogens with zero attached hydrogens (tertiary/aromatic N) is 3. The highest BCUT2D eigenvalue weighted by Gasteiger charge is 2.21. The summed E-state index contributed by atoms with van der Waals surface area (Å²) in [6, 6.07) is 7.34. The first-order chi connectivity index (χ1) is 11.1. The van der Waals surface area contributed by atoms with Gasteiger partial charge in [-0.25, -0.2) is 4.68 Å². The molecular formula is C16H20ClN5O. The van der Waals surface area contributed by atoms with Gasteiger partial charge < -0.3 is 5.32 Å². The monoisotopic (exact) mass is 333 g/mol. The van der Waals surface area contributed by atoms with Gasteiger partial charge in [-0.15, -0.1) is 0 Å². The molecule has 2 heterocycles. The summed E-state index contributed by atoms with van der Waals surface area (Å²) in [4.78, 5) is 16.7. The van der Waals surface area contributed by atoms with Crippen molar-refractivity contribution in [2.24, 2.45) is 7.05 Å². The number of amides is 1. The molecule has 2 aromatic rings. The van der Waals surface area contributed by atoms with Crippen LogP contribution in [0.5, 0.6) is 0 Å². The van der Waals surface area contributed by atoms with Crippen LogP contribution in [0.1, 0.15) is 30.1 Å². The molecule has 0 atom stereocenters. The van der Waals surface area contributed by atoms with Crippen LogP contribution in [0.3, 0.4) is 0 Å². The molecule has 1 aromatic heterocycles. The second-order valence-electron chi connectivity index (χ2n) is 5.76. The Labute approximate surface area is 140 Å². The van der Waals surface area contributed by atoms with Crippen molar-refractivity contribution in [3.8, 4) is 0 Å². The average molecular weight is 334 g/mol. The molecule has 1 aromatic carbocycles. The molecule has 0 aliphatic carbocycles. The number of aromatic nitrogens is 3. The predicted molar refractivity (Wildman–Crippen MR) is 89.6 cm³/mol. The number of carbonyl (C=O) groups excluding carboxylic acids is 1. The Balaban J connectivity index is 1.66. The van der Waals surface area contributed by atoms with Crippen molar-refractivity contribution in [3.05, 3.63) is 40.7 Å². The minimum atomic E-state index is -0.148. The summed E-state index contributed by atoms with van der Waals surface area (Å²) < 4.78 is 1.63. The maximum atomic E-state index is 12.2. The van der Waals surface area contributed by atoms with Gasteiger partial charge in [0.05, 0.1) is 6.42 Å². The van der Waals surface area contributed by atoms with Crippen molar-refractivity contribution in [1.82, 2.24) is 20.1 Å². The lowest BCUT2D eigenvalue weighted by atomic mass is 9.98. The Hall–Kier alpha value is -1.92. The summed E-state index contributed by atoms with van der Waals surface area (Å²) >= 11 is 6.09. The first kappa shape index (κ1) is 16.0. The third-order valence-electron chi connectivity index (χ3n) is 4.04. The largest absolute Gasteiger partial charge is 0.317 e. The van der Waals surface area contributed by atoms with Crippen molar-refractivity contribution < 1.29 is 4.79 Å². The smallest absolute Gasteiger partial charge is 0.231 e. The molecule has 0 spiro atoms. The fourth-order valence-electron chi connectivity index (χ4n) is 2.75. The van der Waals surface area contributed by atoms with Crippen LogP contribution in [0, 0.1) is 0 Å². The lowest BCUT2D eigenvalue weighted by Crippen LogP contribution is -2.27. The number of hydrogen-bond acceptors (Lipinski definition) is 4. The molecule has 1 fully saturated rings. The molecular weight excluding hydrogens is 314 g/mol. The number of aryl methyl sites for hydroxylation is 1. The van der Waals surface area contributed by atoms with E-state index in [4.69, 9.17) is 11.6 Å². The lowest BCUT2D eigenvalue weighted by molar-refractivity contribution is -0.115. The molecule has 0 bridgehead atoms. The Morgan fingerprint density at radius 2 is 2.13 bits per heavy atom. The van der Waals surface area contributed by atoms with E-state index in [1.165, 1.54) is 0 Å². The molecule has 3 rings (SSSR count). The topological polar surface area (TPSA) is 71.8 Å². The van der Waals surface area contributed by atoms with Crippen molar-refractivity contribution in [3.63, 3.8) is 0 Å². The molecule has 1 amide bonds. The van der Waals surface area contributed by atoms with Gasteiger partial charge in [0.15, 0.2) is 5.82 Å². The van der Waals surface area contributed by atoms with E-state index >= 15 is 0 Å². The highest BCUT2D eigenvalue weighted by atomic mass is 35.5. The van der Waals surface area contributed by atoms with Crippen LogP contribution in [-0.4, -0.2) is 33.8 Å². The summed E-state index contributed by atoms with van der Waals surface area (Å²) in [5, 5.41) is 11.2. The number of piperidine rings is 1. The third kappa shape index (κ3) is 3.89. The van der Waals surface area contributed by atoms with E-state index < -0.39 is 0 Å². The first-order valence-electron chi connectivity index (χ1n) is 7.78. The van der Waals surface area contributed by atoms with E-state index in [2.05, 4.69) is 20.7 Å². The molecule has 23 heavy (non-hydrogen) atoms. The van der Waals surface area contributed by atoms with E-state index in [0.29, 0.717) is 16.9 Å². The fraction of sp³-hybridized carbons (Fsp3) is 0.438. The predicted octanol–water partition coefficient (Wildman–Crippen LogP) is 2.12. The number of hydrogen-bond donors (Lipinski definition) is 2. The molecule has 1 aliphatic heterocycles. The summed E-state index contributed by atoms with van der Waals surface area (Å²) in [7, 11) is 1.79. The molecule has 0 unspecified atom stereocenters. The Bertz CT molecular complexity index is 694. The SMILES string of the molecule is Cn1nc(C2CCNCC2)nc1NC(=O)Cc1ccccc1Cl. The highest BCUT2D eigenvalue weighted by Crippen LogP contribution is 2.23. The van der Waals surface area contributed by atoms with Gasteiger partial charge in [0, 0.05) is 18.0 Å². The van der Waals surface area contributed by atoms with Crippen molar-refractivity contribution >= 4 is 23.5 Å². The minimum absolute atomic E-state index is 0.148. The quantitative estimate of drug-likeness (QED) is 0.899. The molecule has 122 valence electrons. The maximum absolute atomic E-state index is 12.2. The van der Waals surface area contributed by atoms with Gasteiger partial charge in [0.1, 0.15) is 0 Å². The summed E-state index contributed by atoms with van der Waals surface area (Å²) in [6.07, 6.45) is 2.27. The summed E-state index contributed by atoms with van der Waals surface area (Å²) in [5.41, 5.74) is 0.799. The zero-order chi connectivity index (χ0) is 16.2. The van der Waals surface area contributed by atoms with Gasteiger partial charge in [-0.05, 0) is 37.6 Å². The Kier molecular flexibility index (Phi) is 4.93. The third-order valence-corrected chi connectivity index (χ3v) is 4.41. The number of nitrogens with one attached hydrogen (secondary N) is 2. The number of carbonyl (C=O) groups is 1. The fourth-order valence-corrected chi connectivity index (χ4v) is 2.95. The second-order valence-corrected chi connectivity index (χ2v) is 6.17. The molecule has 1 saturated heterocycles. The van der Waals surface area contributed by atoms with E-state index in [1.807, 2.05) is 18.2 Å². The molecule has 7 heteroatoms. The summed E-state index contributed by atoms with van der Waals surface area (Å²) in [6.45, 7) is 1.97. The minimum Gasteiger partial charge on any atom is -0.317 e. The van der Waals surface area contributed by atoms with Crippen molar-refractivity contribution in [1.29, 1.82) is 0 Å². The Morgan fingerprint density at radius 1 is 1.39 bits per heavy atom. The van der Waals surface area contributed by atoms with Gasteiger partial charge in [0.25, 0.3) is 0 Å².